The highest BCUT2D eigenvalue weighted by molar-refractivity contribution is 7.89. The molecule has 3 rings (SSSR count). The molecule has 5 nitrogen and oxygen atoms in total. The van der Waals surface area contributed by atoms with Gasteiger partial charge in [-0.05, 0) is 32.0 Å². The van der Waals surface area contributed by atoms with Crippen LogP contribution in [0.2, 0.25) is 0 Å². The molecule has 2 aromatic rings. The van der Waals surface area contributed by atoms with E-state index in [1.807, 2.05) is 6.92 Å². The van der Waals surface area contributed by atoms with Crippen molar-refractivity contribution in [3.63, 3.8) is 0 Å². The van der Waals surface area contributed by atoms with E-state index >= 15 is 0 Å². The molecule has 1 aliphatic heterocycles. The van der Waals surface area contributed by atoms with E-state index in [1.165, 1.54) is 13.2 Å². The van der Waals surface area contributed by atoms with Gasteiger partial charge in [0, 0.05) is 5.56 Å². The summed E-state index contributed by atoms with van der Waals surface area (Å²) in [6.45, 7) is 3.27. The van der Waals surface area contributed by atoms with E-state index in [0.717, 1.165) is 5.56 Å². The fourth-order valence-corrected chi connectivity index (χ4v) is 3.74. The minimum Gasteiger partial charge on any atom is -0.464 e. The summed E-state index contributed by atoms with van der Waals surface area (Å²) in [4.78, 5) is 12.1. The maximum atomic E-state index is 12.7. The van der Waals surface area contributed by atoms with Gasteiger partial charge < -0.3 is 4.74 Å². The van der Waals surface area contributed by atoms with E-state index in [9.17, 15) is 13.2 Å². The third-order valence-electron chi connectivity index (χ3n) is 3.86. The molecule has 1 N–H and O–H groups in total. The number of fused-ring (bicyclic) bond motifs is 1. The lowest BCUT2D eigenvalue weighted by molar-refractivity contribution is -0.114. The number of nitrogens with one attached hydrogen (secondary N) is 1. The third kappa shape index (κ3) is 3.11. The van der Waals surface area contributed by atoms with Gasteiger partial charge in [0.15, 0.2) is 5.78 Å². The number of Topliss-reactive ketones (excluding diaryl/α,β-unsaturated/α-hetero) is 1. The van der Waals surface area contributed by atoms with E-state index in [0.29, 0.717) is 11.3 Å². The molecule has 0 amide bonds. The van der Waals surface area contributed by atoms with Crippen LogP contribution in [0.3, 0.4) is 0 Å². The predicted molar refractivity (Wildman–Crippen MR) is 90.1 cm³/mol. The average Bonchev–Trinajstić information content (AvgIpc) is 2.55. The number of rotatable bonds is 4. The first-order valence-electron chi connectivity index (χ1n) is 7.44. The van der Waals surface area contributed by atoms with Gasteiger partial charge >= 0.3 is 0 Å². The summed E-state index contributed by atoms with van der Waals surface area (Å²) in [6, 6.07) is 12.8. The van der Waals surface area contributed by atoms with Gasteiger partial charge in [0.05, 0.1) is 22.8 Å². The van der Waals surface area contributed by atoms with Crippen molar-refractivity contribution in [2.75, 3.05) is 0 Å². The maximum absolute atomic E-state index is 12.7. The standard InChI is InChI=1S/C18H17NO4S/c1-12-7-9-14(10-8-12)24(21,22)19-18-15-5-3-4-6-17(15)23-11-16(18)13(2)20/h3-11,18-19H,1-2H3. The molecule has 1 heterocycles. The number of carbonyl (C=O) groups is 1. The topological polar surface area (TPSA) is 72.5 Å². The van der Waals surface area contributed by atoms with E-state index in [-0.39, 0.29) is 16.3 Å². The fraction of sp³-hybridized carbons (Fsp3) is 0.167. The van der Waals surface area contributed by atoms with Gasteiger partial charge in [-0.1, -0.05) is 35.9 Å². The first-order chi connectivity index (χ1) is 11.4. The van der Waals surface area contributed by atoms with Gasteiger partial charge in [-0.15, -0.1) is 0 Å². The van der Waals surface area contributed by atoms with Crippen molar-refractivity contribution in [1.29, 1.82) is 0 Å². The number of sulfonamides is 1. The lowest BCUT2D eigenvalue weighted by Gasteiger charge is -2.26. The number of hydrogen-bond donors (Lipinski definition) is 1. The largest absolute Gasteiger partial charge is 0.464 e. The van der Waals surface area contributed by atoms with Gasteiger partial charge in [0.1, 0.15) is 5.75 Å². The minimum atomic E-state index is -3.78. The molecule has 124 valence electrons. The molecule has 1 atom stereocenters. The SMILES string of the molecule is CC(=O)C1=COc2ccccc2C1NS(=O)(=O)c1ccc(C)cc1. The lowest BCUT2D eigenvalue weighted by atomic mass is 9.95. The van der Waals surface area contributed by atoms with Crippen LogP contribution < -0.4 is 9.46 Å². The zero-order valence-corrected chi connectivity index (χ0v) is 14.1. The Bertz CT molecular complexity index is 914. The molecule has 0 saturated carbocycles. The first kappa shape index (κ1) is 16.4. The van der Waals surface area contributed by atoms with Crippen molar-refractivity contribution in [3.05, 3.63) is 71.5 Å². The Balaban J connectivity index is 2.01. The Labute approximate surface area is 141 Å². The normalized spacial score (nSPS) is 16.8. The highest BCUT2D eigenvalue weighted by atomic mass is 32.2. The zero-order chi connectivity index (χ0) is 17.3. The molecule has 1 aliphatic rings. The van der Waals surface area contributed by atoms with Crippen LogP contribution in [0.4, 0.5) is 0 Å². The van der Waals surface area contributed by atoms with Gasteiger partial charge in [-0.3, -0.25) is 4.79 Å². The van der Waals surface area contributed by atoms with E-state index in [2.05, 4.69) is 4.72 Å². The minimum absolute atomic E-state index is 0.153. The third-order valence-corrected chi connectivity index (χ3v) is 5.30. The monoisotopic (exact) mass is 343 g/mol. The molecule has 0 spiro atoms. The van der Waals surface area contributed by atoms with E-state index in [4.69, 9.17) is 4.74 Å². The number of benzene rings is 2. The molecule has 1 unspecified atom stereocenters. The molecule has 24 heavy (non-hydrogen) atoms. The summed E-state index contributed by atoms with van der Waals surface area (Å²) in [6.07, 6.45) is 1.31. The Morgan fingerprint density at radius 3 is 2.42 bits per heavy atom. The van der Waals surface area contributed by atoms with Crippen LogP contribution in [-0.4, -0.2) is 14.2 Å². The molecule has 0 saturated heterocycles. The Morgan fingerprint density at radius 1 is 1.08 bits per heavy atom. The predicted octanol–water partition coefficient (Wildman–Crippen LogP) is 2.88. The van der Waals surface area contributed by atoms with Crippen molar-refractivity contribution in [1.82, 2.24) is 4.72 Å². The van der Waals surface area contributed by atoms with Gasteiger partial charge in [0.25, 0.3) is 0 Å². The van der Waals surface area contributed by atoms with Crippen LogP contribution in [0.15, 0.2) is 65.3 Å². The molecule has 0 aliphatic carbocycles. The lowest BCUT2D eigenvalue weighted by Crippen LogP contribution is -2.33. The smallest absolute Gasteiger partial charge is 0.241 e. The van der Waals surface area contributed by atoms with Crippen molar-refractivity contribution in [2.24, 2.45) is 0 Å². The molecule has 0 radical (unpaired) electrons. The van der Waals surface area contributed by atoms with Gasteiger partial charge in [0.2, 0.25) is 10.0 Å². The van der Waals surface area contributed by atoms with Crippen LogP contribution in [0, 0.1) is 6.92 Å². The maximum Gasteiger partial charge on any atom is 0.241 e. The highest BCUT2D eigenvalue weighted by Crippen LogP contribution is 2.35. The quantitative estimate of drug-likeness (QED) is 0.926. The molecular formula is C18H17NO4S. The second kappa shape index (κ2) is 6.22. The van der Waals surface area contributed by atoms with E-state index in [1.54, 1.807) is 48.5 Å². The van der Waals surface area contributed by atoms with Gasteiger partial charge in [-0.2, -0.15) is 4.72 Å². The zero-order valence-electron chi connectivity index (χ0n) is 13.3. The first-order valence-corrected chi connectivity index (χ1v) is 8.92. The van der Waals surface area contributed by atoms with Crippen LogP contribution in [0.1, 0.15) is 24.1 Å². The number of ketones is 1. The summed E-state index contributed by atoms with van der Waals surface area (Å²) in [5, 5.41) is 0. The Kier molecular flexibility index (Phi) is 4.26. The Hall–Kier alpha value is -2.44. The van der Waals surface area contributed by atoms with Crippen LogP contribution in [0.25, 0.3) is 0 Å². The van der Waals surface area contributed by atoms with Crippen molar-refractivity contribution >= 4 is 15.8 Å². The highest BCUT2D eigenvalue weighted by Gasteiger charge is 2.31. The van der Waals surface area contributed by atoms with Crippen LogP contribution >= 0.6 is 0 Å². The number of ether oxygens (including phenoxy) is 1. The van der Waals surface area contributed by atoms with Crippen molar-refractivity contribution in [3.8, 4) is 5.75 Å². The molecular weight excluding hydrogens is 326 g/mol. The molecule has 6 heteroatoms. The van der Waals surface area contributed by atoms with Crippen LogP contribution in [0.5, 0.6) is 5.75 Å². The second-order valence-electron chi connectivity index (χ2n) is 5.65. The molecule has 0 aromatic heterocycles. The molecule has 2 aromatic carbocycles. The second-order valence-corrected chi connectivity index (χ2v) is 7.37. The number of para-hydroxylation sites is 1. The molecule has 0 fully saturated rings. The molecule has 0 bridgehead atoms. The van der Waals surface area contributed by atoms with Gasteiger partial charge in [-0.25, -0.2) is 8.42 Å². The number of hydrogen-bond acceptors (Lipinski definition) is 4. The summed E-state index contributed by atoms with van der Waals surface area (Å²) >= 11 is 0. The summed E-state index contributed by atoms with van der Waals surface area (Å²) in [7, 11) is -3.78. The summed E-state index contributed by atoms with van der Waals surface area (Å²) in [5.41, 5.74) is 1.85. The number of carbonyl (C=O) groups excluding carboxylic acids is 1. The van der Waals surface area contributed by atoms with E-state index < -0.39 is 16.1 Å². The summed E-state index contributed by atoms with van der Waals surface area (Å²) < 4.78 is 33.5. The van der Waals surface area contributed by atoms with Crippen molar-refractivity contribution < 1.29 is 17.9 Å². The fourth-order valence-electron chi connectivity index (χ4n) is 2.54. The summed E-state index contributed by atoms with van der Waals surface area (Å²) in [5.74, 6) is 0.278. The van der Waals surface area contributed by atoms with Crippen molar-refractivity contribution in [2.45, 2.75) is 24.8 Å². The Morgan fingerprint density at radius 2 is 1.75 bits per heavy atom. The van der Waals surface area contributed by atoms with Crippen LogP contribution in [-0.2, 0) is 14.8 Å². The average molecular weight is 343 g/mol. The number of aryl methyl sites for hydroxylation is 1.